The highest BCUT2D eigenvalue weighted by atomic mass is 16.6. The molecule has 0 unspecified atom stereocenters. The van der Waals surface area contributed by atoms with E-state index in [1.54, 1.807) is 0 Å². The molecule has 54 valence electrons. The fourth-order valence-electron chi connectivity index (χ4n) is 0.849. The van der Waals surface area contributed by atoms with Crippen molar-refractivity contribution in [2.45, 2.75) is 26.4 Å². The van der Waals surface area contributed by atoms with Crippen molar-refractivity contribution in [2.75, 3.05) is 13.2 Å². The molecule has 0 amide bonds. The van der Waals surface area contributed by atoms with Crippen LogP contribution in [0.1, 0.15) is 20.8 Å². The average Bonchev–Trinajstić information content (AvgIpc) is 2.40. The van der Waals surface area contributed by atoms with E-state index in [2.05, 4.69) is 20.8 Å². The third-order valence-corrected chi connectivity index (χ3v) is 2.12. The molecule has 0 aliphatic carbocycles. The van der Waals surface area contributed by atoms with Gasteiger partial charge in [-0.25, -0.2) is 0 Å². The predicted octanol–water partition coefficient (Wildman–Crippen LogP) is 0.794. The van der Waals surface area contributed by atoms with Crippen LogP contribution in [0.25, 0.3) is 0 Å². The minimum absolute atomic E-state index is 0.0851. The van der Waals surface area contributed by atoms with E-state index < -0.39 is 0 Å². The molecule has 1 atom stereocenters. The van der Waals surface area contributed by atoms with Gasteiger partial charge in [-0.1, -0.05) is 20.8 Å². The molecule has 0 radical (unpaired) electrons. The fourth-order valence-corrected chi connectivity index (χ4v) is 0.849. The quantitative estimate of drug-likeness (QED) is 0.532. The van der Waals surface area contributed by atoms with Gasteiger partial charge in [0.25, 0.3) is 0 Å². The van der Waals surface area contributed by atoms with Crippen molar-refractivity contribution >= 4 is 0 Å². The van der Waals surface area contributed by atoms with Crippen molar-refractivity contribution in [1.29, 1.82) is 0 Å². The Hall–Kier alpha value is -0.0800. The first-order valence-electron chi connectivity index (χ1n) is 3.27. The molecule has 2 nitrogen and oxygen atoms in total. The van der Waals surface area contributed by atoms with Gasteiger partial charge >= 0.3 is 0 Å². The number of rotatable bonds is 1. The molecule has 1 heterocycles. The van der Waals surface area contributed by atoms with Crippen LogP contribution in [-0.2, 0) is 4.74 Å². The smallest absolute Gasteiger partial charge is 0.119 e. The Labute approximate surface area is 55.8 Å². The molecule has 0 spiro atoms. The Morgan fingerprint density at radius 3 is 2.00 bits per heavy atom. The van der Waals surface area contributed by atoms with Crippen LogP contribution in [-0.4, -0.2) is 23.9 Å². The van der Waals surface area contributed by atoms with Gasteiger partial charge in [0.15, 0.2) is 0 Å². The lowest BCUT2D eigenvalue weighted by molar-refractivity contribution is 0.0822. The Kier molecular flexibility index (Phi) is 1.33. The molecular weight excluding hydrogens is 116 g/mol. The maximum Gasteiger partial charge on any atom is 0.119 e. The molecule has 9 heavy (non-hydrogen) atoms. The zero-order valence-electron chi connectivity index (χ0n) is 6.27. The van der Waals surface area contributed by atoms with Crippen LogP contribution < -0.4 is 0 Å². The molecule has 2 heteroatoms. The Morgan fingerprint density at radius 2 is 2.00 bits per heavy atom. The molecule has 0 saturated carbocycles. The molecule has 1 N–H and O–H groups in total. The summed E-state index contributed by atoms with van der Waals surface area (Å²) >= 11 is 0. The van der Waals surface area contributed by atoms with Gasteiger partial charge in [0.05, 0.1) is 13.2 Å². The van der Waals surface area contributed by atoms with E-state index in [1.165, 1.54) is 0 Å². The van der Waals surface area contributed by atoms with E-state index in [4.69, 9.17) is 9.84 Å². The second-order valence-corrected chi connectivity index (χ2v) is 3.69. The first kappa shape index (κ1) is 7.03. The van der Waals surface area contributed by atoms with Gasteiger partial charge in [-0.2, -0.15) is 0 Å². The van der Waals surface area contributed by atoms with Crippen molar-refractivity contribution in [1.82, 2.24) is 0 Å². The summed E-state index contributed by atoms with van der Waals surface area (Å²) in [5, 5.41) is 8.87. The second kappa shape index (κ2) is 1.70. The predicted molar refractivity (Wildman–Crippen MR) is 35.2 cm³/mol. The Bertz CT molecular complexity index is 109. The molecule has 1 fully saturated rings. The molecular formula is C7H14O2. The minimum atomic E-state index is -0.215. The second-order valence-electron chi connectivity index (χ2n) is 3.69. The van der Waals surface area contributed by atoms with Crippen LogP contribution in [0, 0.1) is 5.41 Å². The molecule has 1 saturated heterocycles. The van der Waals surface area contributed by atoms with Crippen molar-refractivity contribution in [3.05, 3.63) is 0 Å². The molecule has 1 aliphatic heterocycles. The number of hydrogen-bond donors (Lipinski definition) is 1. The van der Waals surface area contributed by atoms with Crippen molar-refractivity contribution < 1.29 is 9.84 Å². The lowest BCUT2D eigenvalue weighted by Gasteiger charge is -2.24. The number of epoxide rings is 1. The maximum absolute atomic E-state index is 8.87. The van der Waals surface area contributed by atoms with Crippen molar-refractivity contribution in [2.24, 2.45) is 5.41 Å². The maximum atomic E-state index is 8.87. The Balaban J connectivity index is 2.60. The summed E-state index contributed by atoms with van der Waals surface area (Å²) in [5.74, 6) is 0. The van der Waals surface area contributed by atoms with Gasteiger partial charge < -0.3 is 9.84 Å². The van der Waals surface area contributed by atoms with Crippen LogP contribution in [0.15, 0.2) is 0 Å². The van der Waals surface area contributed by atoms with E-state index in [0.29, 0.717) is 6.61 Å². The Morgan fingerprint density at radius 1 is 1.56 bits per heavy atom. The first-order chi connectivity index (χ1) is 4.02. The minimum Gasteiger partial charge on any atom is -0.393 e. The lowest BCUT2D eigenvalue weighted by Crippen LogP contribution is -2.33. The third kappa shape index (κ3) is 0.970. The number of ether oxygens (including phenoxy) is 1. The van der Waals surface area contributed by atoms with E-state index in [9.17, 15) is 0 Å². The van der Waals surface area contributed by atoms with Gasteiger partial charge in [0.1, 0.15) is 5.60 Å². The highest BCUT2D eigenvalue weighted by molar-refractivity contribution is 5.01. The lowest BCUT2D eigenvalue weighted by atomic mass is 9.81. The van der Waals surface area contributed by atoms with Crippen LogP contribution in [0.2, 0.25) is 0 Å². The number of aliphatic hydroxyl groups excluding tert-OH is 1. The van der Waals surface area contributed by atoms with E-state index in [-0.39, 0.29) is 17.6 Å². The fraction of sp³-hybridized carbons (Fsp3) is 1.00. The standard InChI is InChI=1S/C7H14O2/c1-6(2,3)7(4-8)5-9-7/h8H,4-5H2,1-3H3/t7-/m1/s1. The van der Waals surface area contributed by atoms with Crippen LogP contribution >= 0.6 is 0 Å². The largest absolute Gasteiger partial charge is 0.393 e. The summed E-state index contributed by atoms with van der Waals surface area (Å²) < 4.78 is 5.16. The topological polar surface area (TPSA) is 32.8 Å². The van der Waals surface area contributed by atoms with E-state index in [0.717, 1.165) is 0 Å². The number of hydrogen-bond acceptors (Lipinski definition) is 2. The average molecular weight is 130 g/mol. The highest BCUT2D eigenvalue weighted by Crippen LogP contribution is 2.43. The van der Waals surface area contributed by atoms with Crippen LogP contribution in [0.4, 0.5) is 0 Å². The molecule has 1 rings (SSSR count). The zero-order valence-corrected chi connectivity index (χ0v) is 6.27. The molecule has 0 aromatic rings. The normalized spacial score (nSPS) is 34.7. The summed E-state index contributed by atoms with van der Waals surface area (Å²) in [7, 11) is 0. The molecule has 0 aromatic heterocycles. The van der Waals surface area contributed by atoms with E-state index in [1.807, 2.05) is 0 Å². The summed E-state index contributed by atoms with van der Waals surface area (Å²) in [6.45, 7) is 7.10. The van der Waals surface area contributed by atoms with Gasteiger partial charge in [0, 0.05) is 0 Å². The first-order valence-corrected chi connectivity index (χ1v) is 3.27. The molecule has 0 bridgehead atoms. The SMILES string of the molecule is CC(C)(C)[C@@]1(CO)CO1. The summed E-state index contributed by atoms with van der Waals surface area (Å²) in [6, 6.07) is 0. The van der Waals surface area contributed by atoms with Crippen molar-refractivity contribution in [3.8, 4) is 0 Å². The third-order valence-electron chi connectivity index (χ3n) is 2.12. The summed E-state index contributed by atoms with van der Waals surface area (Å²) in [4.78, 5) is 0. The van der Waals surface area contributed by atoms with Gasteiger partial charge in [0.2, 0.25) is 0 Å². The number of aliphatic hydroxyl groups is 1. The van der Waals surface area contributed by atoms with Crippen LogP contribution in [0.3, 0.4) is 0 Å². The van der Waals surface area contributed by atoms with Gasteiger partial charge in [-0.3, -0.25) is 0 Å². The molecule has 0 aromatic carbocycles. The van der Waals surface area contributed by atoms with E-state index >= 15 is 0 Å². The zero-order chi connectivity index (χ0) is 7.12. The molecule has 1 aliphatic rings. The van der Waals surface area contributed by atoms with Crippen molar-refractivity contribution in [3.63, 3.8) is 0 Å². The monoisotopic (exact) mass is 130 g/mol. The summed E-state index contributed by atoms with van der Waals surface area (Å²) in [6.07, 6.45) is 0. The van der Waals surface area contributed by atoms with Gasteiger partial charge in [-0.15, -0.1) is 0 Å². The van der Waals surface area contributed by atoms with Gasteiger partial charge in [-0.05, 0) is 5.41 Å². The highest BCUT2D eigenvalue weighted by Gasteiger charge is 2.53. The van der Waals surface area contributed by atoms with Crippen LogP contribution in [0.5, 0.6) is 0 Å². The summed E-state index contributed by atoms with van der Waals surface area (Å²) in [5.41, 5.74) is -0.130.